The number of carbonyl (C=O) groups excluding carboxylic acids is 3. The molecule has 7 heteroatoms. The second-order valence-electron chi connectivity index (χ2n) is 5.73. The SMILES string of the molecule is O=C(Nc1nccs1)c1ccc2c(c1)C(=O)N(Cc1ccccc1)C2=O. The van der Waals surface area contributed by atoms with Crippen LogP contribution in [-0.4, -0.2) is 27.6 Å². The van der Waals surface area contributed by atoms with E-state index in [9.17, 15) is 14.4 Å². The number of benzene rings is 2. The average molecular weight is 363 g/mol. The maximum absolute atomic E-state index is 12.7. The zero-order valence-electron chi connectivity index (χ0n) is 13.5. The number of thiazole rings is 1. The number of amides is 3. The Morgan fingerprint density at radius 2 is 1.81 bits per heavy atom. The second-order valence-corrected chi connectivity index (χ2v) is 6.63. The molecule has 0 atom stereocenters. The first-order chi connectivity index (χ1) is 12.6. The lowest BCUT2D eigenvalue weighted by molar-refractivity contribution is 0.0642. The molecule has 1 aliphatic heterocycles. The van der Waals surface area contributed by atoms with E-state index >= 15 is 0 Å². The minimum Gasteiger partial charge on any atom is -0.298 e. The van der Waals surface area contributed by atoms with E-state index in [-0.39, 0.29) is 23.9 Å². The molecule has 3 amide bonds. The molecule has 0 bridgehead atoms. The number of anilines is 1. The highest BCUT2D eigenvalue weighted by atomic mass is 32.1. The van der Waals surface area contributed by atoms with E-state index in [1.807, 2.05) is 30.3 Å². The van der Waals surface area contributed by atoms with Gasteiger partial charge in [0, 0.05) is 17.1 Å². The fourth-order valence-electron chi connectivity index (χ4n) is 2.80. The van der Waals surface area contributed by atoms with E-state index in [2.05, 4.69) is 10.3 Å². The predicted molar refractivity (Wildman–Crippen MR) is 97.2 cm³/mol. The molecule has 0 fully saturated rings. The number of nitrogens with one attached hydrogen (secondary N) is 1. The molecule has 0 saturated carbocycles. The van der Waals surface area contributed by atoms with Gasteiger partial charge in [-0.05, 0) is 23.8 Å². The molecule has 0 saturated heterocycles. The zero-order chi connectivity index (χ0) is 18.1. The summed E-state index contributed by atoms with van der Waals surface area (Å²) in [7, 11) is 0. The number of fused-ring (bicyclic) bond motifs is 1. The Kier molecular flexibility index (Phi) is 4.06. The highest BCUT2D eigenvalue weighted by Gasteiger charge is 2.36. The Bertz CT molecular complexity index is 1000. The highest BCUT2D eigenvalue weighted by molar-refractivity contribution is 7.13. The Labute approximate surface area is 153 Å². The summed E-state index contributed by atoms with van der Waals surface area (Å²) in [5.41, 5.74) is 1.74. The van der Waals surface area contributed by atoms with Gasteiger partial charge in [-0.1, -0.05) is 30.3 Å². The summed E-state index contributed by atoms with van der Waals surface area (Å²) in [6, 6.07) is 13.8. The van der Waals surface area contributed by atoms with Crippen LogP contribution in [0.1, 0.15) is 36.6 Å². The summed E-state index contributed by atoms with van der Waals surface area (Å²) in [5.74, 6) is -1.11. The van der Waals surface area contributed by atoms with E-state index < -0.39 is 5.91 Å². The molecule has 1 aromatic heterocycles. The fourth-order valence-corrected chi connectivity index (χ4v) is 3.32. The highest BCUT2D eigenvalue weighted by Crippen LogP contribution is 2.26. The lowest BCUT2D eigenvalue weighted by atomic mass is 10.1. The summed E-state index contributed by atoms with van der Waals surface area (Å²) in [6.07, 6.45) is 1.59. The third kappa shape index (κ3) is 2.89. The van der Waals surface area contributed by atoms with Crippen LogP contribution in [0.4, 0.5) is 5.13 Å². The number of carbonyl (C=O) groups is 3. The van der Waals surface area contributed by atoms with E-state index in [4.69, 9.17) is 0 Å². The van der Waals surface area contributed by atoms with Gasteiger partial charge in [0.2, 0.25) is 0 Å². The van der Waals surface area contributed by atoms with E-state index in [1.54, 1.807) is 17.6 Å². The van der Waals surface area contributed by atoms with Crippen LogP contribution < -0.4 is 5.32 Å². The quantitative estimate of drug-likeness (QED) is 0.722. The van der Waals surface area contributed by atoms with Gasteiger partial charge in [0.15, 0.2) is 5.13 Å². The van der Waals surface area contributed by atoms with Crippen molar-refractivity contribution in [3.8, 4) is 0 Å². The van der Waals surface area contributed by atoms with Crippen LogP contribution in [0.25, 0.3) is 0 Å². The van der Waals surface area contributed by atoms with Crippen molar-refractivity contribution in [2.45, 2.75) is 6.54 Å². The summed E-state index contributed by atoms with van der Waals surface area (Å²) >= 11 is 1.30. The van der Waals surface area contributed by atoms with Crippen molar-refractivity contribution in [1.82, 2.24) is 9.88 Å². The average Bonchev–Trinajstić information content (AvgIpc) is 3.25. The number of imide groups is 1. The van der Waals surface area contributed by atoms with Crippen LogP contribution in [0.15, 0.2) is 60.1 Å². The molecule has 6 nitrogen and oxygen atoms in total. The van der Waals surface area contributed by atoms with Gasteiger partial charge in [0.25, 0.3) is 17.7 Å². The van der Waals surface area contributed by atoms with Crippen LogP contribution in [0.5, 0.6) is 0 Å². The summed E-state index contributed by atoms with van der Waals surface area (Å²) in [4.78, 5) is 42.7. The standard InChI is InChI=1S/C19H13N3O3S/c23-16(21-19-20-8-9-26-19)13-6-7-14-15(10-13)18(25)22(17(14)24)11-12-4-2-1-3-5-12/h1-10H,11H2,(H,20,21,23). The van der Waals surface area contributed by atoms with Crippen molar-refractivity contribution in [2.24, 2.45) is 0 Å². The monoisotopic (exact) mass is 363 g/mol. The van der Waals surface area contributed by atoms with E-state index in [0.29, 0.717) is 16.3 Å². The molecular formula is C19H13N3O3S. The van der Waals surface area contributed by atoms with Crippen molar-refractivity contribution in [1.29, 1.82) is 0 Å². The van der Waals surface area contributed by atoms with Crippen LogP contribution in [-0.2, 0) is 6.54 Å². The summed E-state index contributed by atoms with van der Waals surface area (Å²) in [6.45, 7) is 0.202. The van der Waals surface area contributed by atoms with E-state index in [0.717, 1.165) is 5.56 Å². The molecule has 4 rings (SSSR count). The first-order valence-electron chi connectivity index (χ1n) is 7.88. The lowest BCUT2D eigenvalue weighted by Gasteiger charge is -2.13. The van der Waals surface area contributed by atoms with Crippen molar-refractivity contribution in [3.05, 3.63) is 82.4 Å². The van der Waals surface area contributed by atoms with Gasteiger partial charge >= 0.3 is 0 Å². The lowest BCUT2D eigenvalue weighted by Crippen LogP contribution is -2.29. The Hall–Kier alpha value is -3.32. The largest absolute Gasteiger partial charge is 0.298 e. The predicted octanol–water partition coefficient (Wildman–Crippen LogP) is 3.19. The molecule has 1 aliphatic rings. The fraction of sp³-hybridized carbons (Fsp3) is 0.0526. The van der Waals surface area contributed by atoms with Crippen LogP contribution in [0, 0.1) is 0 Å². The molecule has 0 unspecified atom stereocenters. The van der Waals surface area contributed by atoms with E-state index in [1.165, 1.54) is 28.4 Å². The minimum atomic E-state index is -0.391. The molecule has 0 spiro atoms. The molecule has 0 aliphatic carbocycles. The maximum atomic E-state index is 12.7. The molecule has 26 heavy (non-hydrogen) atoms. The number of hydrogen-bond acceptors (Lipinski definition) is 5. The smallest absolute Gasteiger partial charge is 0.261 e. The van der Waals surface area contributed by atoms with Crippen LogP contribution >= 0.6 is 11.3 Å². The summed E-state index contributed by atoms with van der Waals surface area (Å²) in [5, 5.41) is 4.89. The maximum Gasteiger partial charge on any atom is 0.261 e. The molecule has 0 radical (unpaired) electrons. The van der Waals surface area contributed by atoms with Crippen LogP contribution in [0.2, 0.25) is 0 Å². The van der Waals surface area contributed by atoms with Crippen molar-refractivity contribution in [2.75, 3.05) is 5.32 Å². The van der Waals surface area contributed by atoms with Crippen LogP contribution in [0.3, 0.4) is 0 Å². The molecule has 1 N–H and O–H groups in total. The zero-order valence-corrected chi connectivity index (χ0v) is 14.3. The molecule has 128 valence electrons. The minimum absolute atomic E-state index is 0.202. The Balaban J connectivity index is 1.59. The van der Waals surface area contributed by atoms with Crippen molar-refractivity contribution in [3.63, 3.8) is 0 Å². The normalized spacial score (nSPS) is 13.0. The first-order valence-corrected chi connectivity index (χ1v) is 8.76. The molecule has 3 aromatic rings. The topological polar surface area (TPSA) is 79.4 Å². The van der Waals surface area contributed by atoms with Crippen molar-refractivity contribution < 1.29 is 14.4 Å². The summed E-state index contributed by atoms with van der Waals surface area (Å²) < 4.78 is 0. The number of nitrogens with zero attached hydrogens (tertiary/aromatic N) is 2. The van der Waals surface area contributed by atoms with Gasteiger partial charge in [0.1, 0.15) is 0 Å². The number of rotatable bonds is 4. The Morgan fingerprint density at radius 1 is 1.04 bits per heavy atom. The van der Waals surface area contributed by atoms with Gasteiger partial charge < -0.3 is 0 Å². The Morgan fingerprint density at radius 3 is 2.54 bits per heavy atom. The molecule has 2 aromatic carbocycles. The second kappa shape index (κ2) is 6.53. The third-order valence-corrected chi connectivity index (χ3v) is 4.76. The number of hydrogen-bond donors (Lipinski definition) is 1. The first kappa shape index (κ1) is 16.2. The van der Waals surface area contributed by atoms with Crippen molar-refractivity contribution >= 4 is 34.2 Å². The van der Waals surface area contributed by atoms with Gasteiger partial charge in [-0.15, -0.1) is 11.3 Å². The molecular weight excluding hydrogens is 350 g/mol. The molecule has 2 heterocycles. The van der Waals surface area contributed by atoms with Gasteiger partial charge in [-0.2, -0.15) is 0 Å². The van der Waals surface area contributed by atoms with Gasteiger partial charge in [-0.25, -0.2) is 4.98 Å². The van der Waals surface area contributed by atoms with Gasteiger partial charge in [-0.3, -0.25) is 24.6 Å². The third-order valence-electron chi connectivity index (χ3n) is 4.07. The van der Waals surface area contributed by atoms with Gasteiger partial charge in [0.05, 0.1) is 17.7 Å². The number of aromatic nitrogens is 1.